The molecule has 244 valence electrons. The first kappa shape index (κ1) is 34.5. The van der Waals surface area contributed by atoms with Crippen molar-refractivity contribution in [3.63, 3.8) is 0 Å². The molecule has 1 aromatic heterocycles. The van der Waals surface area contributed by atoms with Crippen LogP contribution in [0.5, 0.6) is 11.5 Å². The number of hydrogen-bond donors (Lipinski definition) is 3. The largest absolute Gasteiger partial charge is 0.448 e. The van der Waals surface area contributed by atoms with E-state index in [1.807, 2.05) is 40.7 Å². The normalized spacial score (nSPS) is 20.8. The van der Waals surface area contributed by atoms with Crippen LogP contribution in [0.4, 0.5) is 0 Å². The van der Waals surface area contributed by atoms with E-state index in [1.165, 1.54) is 12.1 Å². The Bertz CT molecular complexity index is 1730. The fourth-order valence-corrected chi connectivity index (χ4v) is 6.65. The summed E-state index contributed by atoms with van der Waals surface area (Å²) < 4.78 is 42.2. The van der Waals surface area contributed by atoms with Crippen molar-refractivity contribution in [3.05, 3.63) is 85.3 Å². The number of aromatic nitrogens is 1. The lowest BCUT2D eigenvalue weighted by Crippen LogP contribution is -2.46. The van der Waals surface area contributed by atoms with Gasteiger partial charge >= 0.3 is 0 Å². The maximum absolute atomic E-state index is 13.1. The van der Waals surface area contributed by atoms with E-state index >= 15 is 0 Å². The maximum atomic E-state index is 13.1. The number of pyridine rings is 1. The summed E-state index contributed by atoms with van der Waals surface area (Å²) in [6.07, 6.45) is 4.19. The second-order valence-corrected chi connectivity index (χ2v) is 14.1. The summed E-state index contributed by atoms with van der Waals surface area (Å²) in [7, 11) is 0.225. The Hall–Kier alpha value is -3.38. The van der Waals surface area contributed by atoms with Crippen LogP contribution in [0.15, 0.2) is 46.1 Å². The minimum atomic E-state index is -4.02. The molecule has 0 radical (unpaired) electrons. The second-order valence-electron chi connectivity index (χ2n) is 12.3. The molecule has 0 unspecified atom stereocenters. The van der Waals surface area contributed by atoms with Gasteiger partial charge < -0.3 is 24.7 Å². The zero-order valence-corrected chi connectivity index (χ0v) is 28.4. The SMILES string of the molecule is Cc1cc(C)c(CNC(=O)c2cc(Cl)c3c(c2C)O[C@@](C)(C2CCC(N(C)C)CC2)O3)c(=O)[nH]1.Cc1ccc(S(=O)(=O)O)cc1. The van der Waals surface area contributed by atoms with Crippen LogP contribution in [0.1, 0.15) is 70.9 Å². The van der Waals surface area contributed by atoms with Crippen LogP contribution >= 0.6 is 11.6 Å². The number of nitrogens with one attached hydrogen (secondary N) is 2. The number of carbonyl (C=O) groups excluding carboxylic acids is 1. The Morgan fingerprint density at radius 3 is 2.20 bits per heavy atom. The predicted molar refractivity (Wildman–Crippen MR) is 174 cm³/mol. The molecular weight excluding hydrogens is 618 g/mol. The smallest absolute Gasteiger partial charge is 0.294 e. The van der Waals surface area contributed by atoms with Gasteiger partial charge in [-0.2, -0.15) is 8.42 Å². The highest BCUT2D eigenvalue weighted by Gasteiger charge is 2.47. The maximum Gasteiger partial charge on any atom is 0.294 e. The lowest BCUT2D eigenvalue weighted by Gasteiger charge is -2.39. The van der Waals surface area contributed by atoms with Crippen molar-refractivity contribution in [3.8, 4) is 11.5 Å². The fraction of sp³-hybridized carbons (Fsp3) is 0.455. The Balaban J connectivity index is 0.000000354. The third kappa shape index (κ3) is 7.89. The number of amides is 1. The van der Waals surface area contributed by atoms with Gasteiger partial charge in [-0.05, 0) is 97.3 Å². The summed E-state index contributed by atoms with van der Waals surface area (Å²) in [5.41, 5.74) is 4.00. The van der Waals surface area contributed by atoms with Crippen LogP contribution in [-0.2, 0) is 16.7 Å². The van der Waals surface area contributed by atoms with Gasteiger partial charge in [0.15, 0.2) is 11.5 Å². The molecule has 1 atom stereocenters. The van der Waals surface area contributed by atoms with Crippen LogP contribution in [0.2, 0.25) is 5.02 Å². The standard InChI is InChI=1S/C26H34ClN3O4.C7H8O3S/c1-14-11-15(2)29-25(32)20(14)13-28-24(31)19-12-21(27)23-22(16(19)3)33-26(4,34-23)17-7-9-18(10-8-17)30(5)6;1-6-2-4-7(5-3-6)11(8,9)10/h11-12,17-18H,7-10,13H2,1-6H3,(H,28,31)(H,29,32);2-5H,1H3,(H,8,9,10)/t17?,18?,26-;/m1./s1. The molecule has 10 nitrogen and oxygen atoms in total. The molecule has 1 aliphatic carbocycles. The average Bonchev–Trinajstić information content (AvgIpc) is 3.34. The number of H-pyrrole nitrogens is 1. The minimum Gasteiger partial charge on any atom is -0.448 e. The number of nitrogens with zero attached hydrogens (tertiary/aromatic N) is 1. The molecule has 3 aromatic rings. The van der Waals surface area contributed by atoms with E-state index in [0.29, 0.717) is 39.3 Å². The van der Waals surface area contributed by atoms with Crippen LogP contribution in [0.25, 0.3) is 0 Å². The van der Waals surface area contributed by atoms with Crippen LogP contribution < -0.4 is 20.3 Å². The Kier molecular flexibility index (Phi) is 10.4. The number of halogens is 1. The topological polar surface area (TPSA) is 138 Å². The van der Waals surface area contributed by atoms with Gasteiger partial charge in [0.05, 0.1) is 9.92 Å². The average molecular weight is 660 g/mol. The first-order valence-corrected chi connectivity index (χ1v) is 16.7. The van der Waals surface area contributed by atoms with Crippen LogP contribution in [0, 0.1) is 33.6 Å². The molecule has 2 aliphatic rings. The molecule has 45 heavy (non-hydrogen) atoms. The number of benzene rings is 2. The molecule has 3 N–H and O–H groups in total. The molecule has 1 amide bonds. The highest BCUT2D eigenvalue weighted by Crippen LogP contribution is 2.51. The Morgan fingerprint density at radius 2 is 1.64 bits per heavy atom. The van der Waals surface area contributed by atoms with E-state index in [0.717, 1.165) is 42.5 Å². The zero-order valence-electron chi connectivity index (χ0n) is 26.8. The van der Waals surface area contributed by atoms with Crippen molar-refractivity contribution in [2.45, 2.75) is 83.6 Å². The number of hydrogen-bond acceptors (Lipinski definition) is 7. The van der Waals surface area contributed by atoms with Gasteiger partial charge in [-0.25, -0.2) is 0 Å². The lowest BCUT2D eigenvalue weighted by atomic mass is 9.81. The summed E-state index contributed by atoms with van der Waals surface area (Å²) in [6.45, 7) is 9.46. The second kappa shape index (κ2) is 13.5. The summed E-state index contributed by atoms with van der Waals surface area (Å²) in [4.78, 5) is 30.3. The first-order valence-electron chi connectivity index (χ1n) is 14.9. The molecule has 0 spiro atoms. The molecule has 2 aromatic carbocycles. The van der Waals surface area contributed by atoms with Gasteiger partial charge in [0.25, 0.3) is 27.4 Å². The molecule has 1 fully saturated rings. The minimum absolute atomic E-state index is 0.0666. The van der Waals surface area contributed by atoms with E-state index < -0.39 is 15.9 Å². The lowest BCUT2D eigenvalue weighted by molar-refractivity contribution is -0.123. The molecule has 2 heterocycles. The van der Waals surface area contributed by atoms with Crippen molar-refractivity contribution in [1.29, 1.82) is 0 Å². The van der Waals surface area contributed by atoms with E-state index in [-0.39, 0.29) is 28.8 Å². The zero-order chi connectivity index (χ0) is 33.3. The molecule has 12 heteroatoms. The molecule has 1 saturated carbocycles. The van der Waals surface area contributed by atoms with E-state index in [9.17, 15) is 18.0 Å². The van der Waals surface area contributed by atoms with Gasteiger partial charge in [-0.3, -0.25) is 14.1 Å². The summed E-state index contributed by atoms with van der Waals surface area (Å²) >= 11 is 6.56. The van der Waals surface area contributed by atoms with Gasteiger partial charge in [-0.1, -0.05) is 29.3 Å². The highest BCUT2D eigenvalue weighted by molar-refractivity contribution is 7.85. The van der Waals surface area contributed by atoms with E-state index in [2.05, 4.69) is 29.3 Å². The monoisotopic (exact) mass is 659 g/mol. The summed E-state index contributed by atoms with van der Waals surface area (Å²) in [5, 5.41) is 3.20. The molecule has 1 aliphatic heterocycles. The number of carbonyl (C=O) groups is 1. The molecule has 5 rings (SSSR count). The van der Waals surface area contributed by atoms with Gasteiger partial charge in [-0.15, -0.1) is 0 Å². The van der Waals surface area contributed by atoms with Gasteiger partial charge in [0.1, 0.15) is 0 Å². The van der Waals surface area contributed by atoms with Crippen molar-refractivity contribution < 1.29 is 27.2 Å². The third-order valence-electron chi connectivity index (χ3n) is 8.70. The summed E-state index contributed by atoms with van der Waals surface area (Å²) in [6, 6.07) is 10.1. The molecular formula is C33H42ClN3O7S. The third-order valence-corrected chi connectivity index (χ3v) is 9.85. The number of aryl methyl sites for hydroxylation is 3. The van der Waals surface area contributed by atoms with E-state index in [1.54, 1.807) is 18.2 Å². The molecule has 0 saturated heterocycles. The first-order chi connectivity index (χ1) is 21.0. The Morgan fingerprint density at radius 1 is 1.04 bits per heavy atom. The quantitative estimate of drug-likeness (QED) is 0.285. The fourth-order valence-electron chi connectivity index (χ4n) is 5.94. The Labute approximate surface area is 269 Å². The van der Waals surface area contributed by atoms with Crippen molar-refractivity contribution >= 4 is 27.6 Å². The number of rotatable bonds is 6. The summed E-state index contributed by atoms with van der Waals surface area (Å²) in [5.74, 6) is 0.137. The van der Waals surface area contributed by atoms with Gasteiger partial charge in [0.2, 0.25) is 0 Å². The van der Waals surface area contributed by atoms with Gasteiger partial charge in [0, 0.05) is 47.8 Å². The van der Waals surface area contributed by atoms with Crippen LogP contribution in [0.3, 0.4) is 0 Å². The van der Waals surface area contributed by atoms with Crippen molar-refractivity contribution in [1.82, 2.24) is 15.2 Å². The predicted octanol–water partition coefficient (Wildman–Crippen LogP) is 5.73. The van der Waals surface area contributed by atoms with E-state index in [4.69, 9.17) is 25.6 Å². The number of aromatic amines is 1. The number of ether oxygens (including phenoxy) is 2. The van der Waals surface area contributed by atoms with Crippen LogP contribution in [-0.4, -0.2) is 54.7 Å². The number of fused-ring (bicyclic) bond motifs is 1. The van der Waals surface area contributed by atoms with Crippen molar-refractivity contribution in [2.75, 3.05) is 14.1 Å². The van der Waals surface area contributed by atoms with Crippen molar-refractivity contribution in [2.24, 2.45) is 5.92 Å². The highest BCUT2D eigenvalue weighted by atomic mass is 35.5. The molecule has 0 bridgehead atoms.